The third kappa shape index (κ3) is 9.50. The van der Waals surface area contributed by atoms with Crippen LogP contribution in [0.3, 0.4) is 0 Å². The quantitative estimate of drug-likeness (QED) is 0.315. The Labute approximate surface area is 178 Å². The van der Waals surface area contributed by atoms with E-state index in [1.807, 2.05) is 14.0 Å². The lowest BCUT2D eigenvalue weighted by Crippen LogP contribution is -2.52. The number of carbonyl (C=O) groups excluding carboxylic acids is 2. The zero-order valence-corrected chi connectivity index (χ0v) is 19.8. The highest BCUT2D eigenvalue weighted by Crippen LogP contribution is 2.21. The number of unbranched alkanes of at least 4 members (excludes halogenated alkanes) is 3. The van der Waals surface area contributed by atoms with Gasteiger partial charge >= 0.3 is 6.03 Å². The van der Waals surface area contributed by atoms with E-state index in [4.69, 9.17) is 4.74 Å². The molecule has 0 aliphatic heterocycles. The van der Waals surface area contributed by atoms with Crippen LogP contribution < -0.4 is 5.32 Å². The van der Waals surface area contributed by atoms with Crippen molar-refractivity contribution in [2.45, 2.75) is 78.4 Å². The molecule has 0 radical (unpaired) electrons. The van der Waals surface area contributed by atoms with Gasteiger partial charge in [-0.05, 0) is 37.9 Å². The van der Waals surface area contributed by atoms with Gasteiger partial charge in [0, 0.05) is 27.2 Å². The lowest BCUT2D eigenvalue weighted by molar-refractivity contribution is -0.135. The number of hydrogen-bond acceptors (Lipinski definition) is 4. The summed E-state index contributed by atoms with van der Waals surface area (Å²) in [6.45, 7) is 9.66. The molecule has 0 heterocycles. The molecule has 0 bridgehead atoms. The fourth-order valence-corrected chi connectivity index (χ4v) is 3.74. The second kappa shape index (κ2) is 15.9. The molecule has 7 heteroatoms. The molecule has 0 aromatic carbocycles. The Morgan fingerprint density at radius 3 is 2.21 bits per heavy atom. The zero-order chi connectivity index (χ0) is 21.5. The number of nitrogens with zero attached hydrogens (tertiary/aromatic N) is 2. The van der Waals surface area contributed by atoms with Crippen molar-refractivity contribution in [1.82, 2.24) is 15.1 Å². The minimum atomic E-state index is -0.169. The van der Waals surface area contributed by atoms with Gasteiger partial charge in [-0.3, -0.25) is 4.79 Å². The molecule has 0 rings (SSSR count). The molecule has 3 amide bonds. The molecule has 6 nitrogen and oxygen atoms in total. The van der Waals surface area contributed by atoms with Crippen LogP contribution >= 0.6 is 12.6 Å². The summed E-state index contributed by atoms with van der Waals surface area (Å²) in [5.74, 6) is 1.14. The number of methoxy groups -OCH3 is 1. The van der Waals surface area contributed by atoms with Crippen LogP contribution in [0.2, 0.25) is 0 Å². The molecular formula is C21H43N3O3S. The summed E-state index contributed by atoms with van der Waals surface area (Å²) >= 11 is 4.22. The second-order valence-corrected chi connectivity index (χ2v) is 7.89. The average molecular weight is 418 g/mol. The Kier molecular flexibility index (Phi) is 15.4. The molecule has 28 heavy (non-hydrogen) atoms. The highest BCUT2D eigenvalue weighted by Gasteiger charge is 2.31. The van der Waals surface area contributed by atoms with E-state index in [1.54, 1.807) is 16.9 Å². The predicted molar refractivity (Wildman–Crippen MR) is 120 cm³/mol. The maximum atomic E-state index is 12.7. The lowest BCUT2D eigenvalue weighted by atomic mass is 9.91. The number of rotatable bonds is 15. The van der Waals surface area contributed by atoms with Gasteiger partial charge in [0.2, 0.25) is 5.91 Å². The van der Waals surface area contributed by atoms with Crippen molar-refractivity contribution >= 4 is 24.6 Å². The van der Waals surface area contributed by atoms with E-state index in [-0.39, 0.29) is 30.6 Å². The van der Waals surface area contributed by atoms with Gasteiger partial charge in [0.25, 0.3) is 0 Å². The Bertz CT molecular complexity index is 433. The van der Waals surface area contributed by atoms with E-state index in [2.05, 4.69) is 38.7 Å². The summed E-state index contributed by atoms with van der Waals surface area (Å²) in [5.41, 5.74) is 0. The topological polar surface area (TPSA) is 61.9 Å². The Balaban J connectivity index is 4.66. The normalized spacial score (nSPS) is 14.2. The number of thiol groups is 1. The summed E-state index contributed by atoms with van der Waals surface area (Å²) in [4.78, 5) is 28.7. The van der Waals surface area contributed by atoms with Crippen LogP contribution in [-0.4, -0.2) is 73.4 Å². The molecule has 3 unspecified atom stereocenters. The van der Waals surface area contributed by atoms with Crippen LogP contribution in [0.4, 0.5) is 4.79 Å². The second-order valence-electron chi connectivity index (χ2n) is 7.44. The molecule has 0 aromatic rings. The molecule has 3 atom stereocenters. The highest BCUT2D eigenvalue weighted by molar-refractivity contribution is 7.80. The van der Waals surface area contributed by atoms with Crippen LogP contribution in [0.25, 0.3) is 0 Å². The van der Waals surface area contributed by atoms with Crippen molar-refractivity contribution < 1.29 is 14.3 Å². The summed E-state index contributed by atoms with van der Waals surface area (Å²) in [6.07, 6.45) is 6.12. The van der Waals surface area contributed by atoms with Crippen molar-refractivity contribution in [2.75, 3.05) is 39.5 Å². The molecule has 166 valence electrons. The number of likely N-dealkylation sites (N-methyl/N-ethyl adjacent to an activating group) is 1. The van der Waals surface area contributed by atoms with E-state index in [0.717, 1.165) is 50.8 Å². The zero-order valence-electron chi connectivity index (χ0n) is 18.9. The first-order valence-corrected chi connectivity index (χ1v) is 11.4. The van der Waals surface area contributed by atoms with Gasteiger partial charge < -0.3 is 19.9 Å². The fraction of sp³-hybridized carbons (Fsp3) is 0.905. The van der Waals surface area contributed by atoms with Crippen molar-refractivity contribution in [3.63, 3.8) is 0 Å². The first kappa shape index (κ1) is 27.0. The third-order valence-corrected chi connectivity index (χ3v) is 5.87. The van der Waals surface area contributed by atoms with Crippen LogP contribution in [0, 0.1) is 5.92 Å². The van der Waals surface area contributed by atoms with Crippen molar-refractivity contribution in [1.29, 1.82) is 0 Å². The van der Waals surface area contributed by atoms with E-state index < -0.39 is 0 Å². The lowest BCUT2D eigenvalue weighted by Gasteiger charge is -2.37. The monoisotopic (exact) mass is 417 g/mol. The number of nitrogens with one attached hydrogen (secondary N) is 1. The number of ether oxygens (including phenoxy) is 1. The standard InChI is InChI=1S/C21H43N3O3S/c1-7-17(4)20(18(8-2)27-6)23(5)19(25)16-22-21(26)24(9-3)14-12-10-11-13-15-28/h17-18,20,28H,7-16H2,1-6H3,(H,22,26). The number of hydrogen-bond donors (Lipinski definition) is 2. The van der Waals surface area contributed by atoms with Crippen LogP contribution in [0.15, 0.2) is 0 Å². The molecule has 0 spiro atoms. The Morgan fingerprint density at radius 2 is 1.71 bits per heavy atom. The van der Waals surface area contributed by atoms with Gasteiger partial charge in [-0.15, -0.1) is 0 Å². The third-order valence-electron chi connectivity index (χ3n) is 5.55. The SMILES string of the molecule is CCC(C)C(C(CC)OC)N(C)C(=O)CNC(=O)N(CC)CCCCCCS. The molecule has 1 N–H and O–H groups in total. The van der Waals surface area contributed by atoms with Crippen LogP contribution in [0.5, 0.6) is 0 Å². The first-order valence-electron chi connectivity index (χ1n) is 10.8. The molecule has 0 saturated carbocycles. The molecule has 0 aliphatic carbocycles. The number of amides is 3. The molecular weight excluding hydrogens is 374 g/mol. The van der Waals surface area contributed by atoms with Crippen LogP contribution in [0.1, 0.15) is 66.2 Å². The van der Waals surface area contributed by atoms with E-state index in [0.29, 0.717) is 12.5 Å². The summed E-state index contributed by atoms with van der Waals surface area (Å²) in [5, 5.41) is 2.80. The summed E-state index contributed by atoms with van der Waals surface area (Å²) in [7, 11) is 3.51. The largest absolute Gasteiger partial charge is 0.379 e. The maximum Gasteiger partial charge on any atom is 0.317 e. The van der Waals surface area contributed by atoms with E-state index in [9.17, 15) is 9.59 Å². The molecule has 0 aromatic heterocycles. The first-order chi connectivity index (χ1) is 13.4. The van der Waals surface area contributed by atoms with Gasteiger partial charge in [-0.25, -0.2) is 4.79 Å². The average Bonchev–Trinajstić information content (AvgIpc) is 2.71. The van der Waals surface area contributed by atoms with E-state index >= 15 is 0 Å². The minimum absolute atomic E-state index is 0.00138. The summed E-state index contributed by atoms with van der Waals surface area (Å²) < 4.78 is 5.62. The smallest absolute Gasteiger partial charge is 0.317 e. The number of carbonyl (C=O) groups is 2. The van der Waals surface area contributed by atoms with Crippen LogP contribution in [-0.2, 0) is 9.53 Å². The Hall–Kier alpha value is -0.950. The maximum absolute atomic E-state index is 12.7. The van der Waals surface area contributed by atoms with Crippen molar-refractivity contribution in [3.05, 3.63) is 0 Å². The molecule has 0 aliphatic rings. The van der Waals surface area contributed by atoms with Gasteiger partial charge in [-0.1, -0.05) is 40.0 Å². The van der Waals surface area contributed by atoms with Gasteiger partial charge in [0.1, 0.15) is 0 Å². The summed E-state index contributed by atoms with van der Waals surface area (Å²) in [6, 6.07) is -0.171. The molecule has 0 fully saturated rings. The van der Waals surface area contributed by atoms with Gasteiger partial charge in [0.15, 0.2) is 0 Å². The molecule has 0 saturated heterocycles. The fourth-order valence-electron chi connectivity index (χ4n) is 3.51. The van der Waals surface area contributed by atoms with Gasteiger partial charge in [0.05, 0.1) is 18.7 Å². The van der Waals surface area contributed by atoms with Crippen molar-refractivity contribution in [3.8, 4) is 0 Å². The van der Waals surface area contributed by atoms with Gasteiger partial charge in [-0.2, -0.15) is 12.6 Å². The van der Waals surface area contributed by atoms with E-state index in [1.165, 1.54) is 0 Å². The highest BCUT2D eigenvalue weighted by atomic mass is 32.1. The Morgan fingerprint density at radius 1 is 1.07 bits per heavy atom. The minimum Gasteiger partial charge on any atom is -0.379 e. The predicted octanol–water partition coefficient (Wildman–Crippen LogP) is 3.81. The number of urea groups is 1. The van der Waals surface area contributed by atoms with Crippen molar-refractivity contribution in [2.24, 2.45) is 5.92 Å².